The zero-order chi connectivity index (χ0) is 12.1. The second kappa shape index (κ2) is 5.33. The molecule has 1 aromatic heterocycles. The van der Waals surface area contributed by atoms with Crippen molar-refractivity contribution in [2.75, 3.05) is 44.9 Å². The maximum atomic E-state index is 8.86. The number of likely N-dealkylation sites (N-methyl/N-ethyl adjacent to an activating group) is 2. The number of aromatic nitrogens is 1. The summed E-state index contributed by atoms with van der Waals surface area (Å²) in [4.78, 5) is 8.23. The van der Waals surface area contributed by atoms with Crippen LogP contribution in [-0.4, -0.2) is 44.1 Å². The average molecular weight is 219 g/mol. The van der Waals surface area contributed by atoms with Crippen molar-refractivity contribution in [2.24, 2.45) is 0 Å². The van der Waals surface area contributed by atoms with Gasteiger partial charge in [-0.05, 0) is 20.2 Å². The topological polar surface area (TPSA) is 69.2 Å². The molecule has 0 saturated heterocycles. The maximum Gasteiger partial charge on any atom is 0.152 e. The van der Waals surface area contributed by atoms with Gasteiger partial charge in [-0.1, -0.05) is 0 Å². The van der Waals surface area contributed by atoms with Crippen LogP contribution in [0, 0.1) is 11.3 Å². The van der Waals surface area contributed by atoms with Crippen molar-refractivity contribution in [2.45, 2.75) is 0 Å². The van der Waals surface area contributed by atoms with Crippen LogP contribution in [0.5, 0.6) is 0 Å². The van der Waals surface area contributed by atoms with E-state index in [-0.39, 0.29) is 0 Å². The molecule has 0 spiro atoms. The van der Waals surface area contributed by atoms with Gasteiger partial charge < -0.3 is 15.5 Å². The predicted octanol–water partition coefficient (Wildman–Crippen LogP) is 0.533. The van der Waals surface area contributed by atoms with Crippen LogP contribution in [-0.2, 0) is 0 Å². The minimum atomic E-state index is 0.450. The number of nitrogens with two attached hydrogens (primary N) is 1. The van der Waals surface area contributed by atoms with Crippen LogP contribution >= 0.6 is 0 Å². The summed E-state index contributed by atoms with van der Waals surface area (Å²) in [6.45, 7) is 1.73. The Hall–Kier alpha value is -1.80. The zero-order valence-electron chi connectivity index (χ0n) is 9.94. The monoisotopic (exact) mass is 219 g/mol. The molecular weight excluding hydrogens is 202 g/mol. The number of hydrogen-bond acceptors (Lipinski definition) is 5. The molecule has 5 nitrogen and oxygen atoms in total. The van der Waals surface area contributed by atoms with E-state index in [9.17, 15) is 0 Å². The van der Waals surface area contributed by atoms with E-state index >= 15 is 0 Å². The lowest BCUT2D eigenvalue weighted by Gasteiger charge is -2.21. The predicted molar refractivity (Wildman–Crippen MR) is 65.2 cm³/mol. The first-order valence-corrected chi connectivity index (χ1v) is 5.06. The van der Waals surface area contributed by atoms with Gasteiger partial charge in [0.25, 0.3) is 0 Å². The second-order valence-electron chi connectivity index (χ2n) is 3.93. The molecule has 86 valence electrons. The molecule has 0 fully saturated rings. The van der Waals surface area contributed by atoms with E-state index in [1.807, 2.05) is 26.0 Å². The number of anilines is 2. The average Bonchev–Trinajstić information content (AvgIpc) is 2.26. The Balaban J connectivity index is 2.84. The number of nitrogens with zero attached hydrogens (tertiary/aromatic N) is 4. The Morgan fingerprint density at radius 2 is 2.06 bits per heavy atom. The first-order chi connectivity index (χ1) is 7.56. The van der Waals surface area contributed by atoms with E-state index in [0.717, 1.165) is 13.1 Å². The Morgan fingerprint density at radius 1 is 1.38 bits per heavy atom. The fourth-order valence-electron chi connectivity index (χ4n) is 1.32. The molecule has 1 heterocycles. The minimum Gasteiger partial charge on any atom is -0.395 e. The first-order valence-electron chi connectivity index (χ1n) is 5.06. The molecule has 16 heavy (non-hydrogen) atoms. The molecule has 0 aliphatic rings. The SMILES string of the molecule is CN(C)CCN(C)c1nccc(C#N)c1N. The lowest BCUT2D eigenvalue weighted by Crippen LogP contribution is -2.29. The molecule has 5 heteroatoms. The van der Waals surface area contributed by atoms with Gasteiger partial charge in [-0.25, -0.2) is 4.98 Å². The van der Waals surface area contributed by atoms with Gasteiger partial charge >= 0.3 is 0 Å². The van der Waals surface area contributed by atoms with Gasteiger partial charge in [0.1, 0.15) is 6.07 Å². The first kappa shape index (κ1) is 12.3. The summed E-state index contributed by atoms with van der Waals surface area (Å²) < 4.78 is 0. The standard InChI is InChI=1S/C11H17N5/c1-15(2)6-7-16(3)11-10(13)9(8-12)4-5-14-11/h4-5H,6-7,13H2,1-3H3. The van der Waals surface area contributed by atoms with Gasteiger partial charge in [0.05, 0.1) is 11.3 Å². The van der Waals surface area contributed by atoms with Crippen molar-refractivity contribution >= 4 is 11.5 Å². The summed E-state index contributed by atoms with van der Waals surface area (Å²) in [6, 6.07) is 3.68. The normalized spacial score (nSPS) is 10.2. The molecule has 0 saturated carbocycles. The molecule has 0 unspecified atom stereocenters. The van der Waals surface area contributed by atoms with Gasteiger partial charge in [0, 0.05) is 26.3 Å². The fourth-order valence-corrected chi connectivity index (χ4v) is 1.32. The minimum absolute atomic E-state index is 0.450. The van der Waals surface area contributed by atoms with E-state index < -0.39 is 0 Å². The van der Waals surface area contributed by atoms with Crippen LogP contribution in [0.2, 0.25) is 0 Å². The smallest absolute Gasteiger partial charge is 0.152 e. The zero-order valence-corrected chi connectivity index (χ0v) is 9.94. The molecule has 0 aromatic carbocycles. The molecule has 1 rings (SSSR count). The molecule has 2 N–H and O–H groups in total. The van der Waals surface area contributed by atoms with E-state index in [2.05, 4.69) is 16.0 Å². The number of hydrogen-bond donors (Lipinski definition) is 1. The maximum absolute atomic E-state index is 8.86. The van der Waals surface area contributed by atoms with Gasteiger partial charge in [-0.3, -0.25) is 0 Å². The van der Waals surface area contributed by atoms with Gasteiger partial charge in [-0.15, -0.1) is 0 Å². The van der Waals surface area contributed by atoms with Crippen LogP contribution in [0.1, 0.15) is 5.56 Å². The summed E-state index contributed by atoms with van der Waals surface area (Å²) >= 11 is 0. The van der Waals surface area contributed by atoms with Crippen molar-refractivity contribution in [1.82, 2.24) is 9.88 Å². The third kappa shape index (κ3) is 2.84. The molecular formula is C11H17N5. The third-order valence-electron chi connectivity index (χ3n) is 2.33. The van der Waals surface area contributed by atoms with Gasteiger partial charge in [0.15, 0.2) is 5.82 Å². The molecule has 0 aliphatic carbocycles. The highest BCUT2D eigenvalue weighted by molar-refractivity contribution is 5.69. The number of pyridine rings is 1. The Kier molecular flexibility index (Phi) is 4.09. The number of nitriles is 1. The molecule has 0 amide bonds. The van der Waals surface area contributed by atoms with Crippen molar-refractivity contribution in [3.63, 3.8) is 0 Å². The molecule has 0 atom stereocenters. The summed E-state index contributed by atoms with van der Waals surface area (Å²) in [7, 11) is 5.94. The lowest BCUT2D eigenvalue weighted by atomic mass is 10.2. The largest absolute Gasteiger partial charge is 0.395 e. The lowest BCUT2D eigenvalue weighted by molar-refractivity contribution is 0.416. The highest BCUT2D eigenvalue weighted by Gasteiger charge is 2.10. The highest BCUT2D eigenvalue weighted by Crippen LogP contribution is 2.21. The molecule has 0 bridgehead atoms. The van der Waals surface area contributed by atoms with Gasteiger partial charge in [-0.2, -0.15) is 5.26 Å². The second-order valence-corrected chi connectivity index (χ2v) is 3.93. The van der Waals surface area contributed by atoms with Crippen molar-refractivity contribution in [1.29, 1.82) is 5.26 Å². The van der Waals surface area contributed by atoms with E-state index in [1.54, 1.807) is 12.3 Å². The van der Waals surface area contributed by atoms with Crippen molar-refractivity contribution in [3.8, 4) is 6.07 Å². The summed E-state index contributed by atoms with van der Waals surface area (Å²) in [6.07, 6.45) is 1.61. The van der Waals surface area contributed by atoms with Gasteiger partial charge in [0.2, 0.25) is 0 Å². The Morgan fingerprint density at radius 3 is 2.62 bits per heavy atom. The van der Waals surface area contributed by atoms with Crippen LogP contribution in [0.4, 0.5) is 11.5 Å². The summed E-state index contributed by atoms with van der Waals surface area (Å²) in [5, 5.41) is 8.86. The molecule has 0 aliphatic heterocycles. The Labute approximate surface area is 96.1 Å². The van der Waals surface area contributed by atoms with Crippen LogP contribution in [0.15, 0.2) is 12.3 Å². The van der Waals surface area contributed by atoms with Crippen LogP contribution < -0.4 is 10.6 Å². The number of nitrogen functional groups attached to an aromatic ring is 1. The van der Waals surface area contributed by atoms with E-state index in [1.165, 1.54) is 0 Å². The highest BCUT2D eigenvalue weighted by atomic mass is 15.2. The van der Waals surface area contributed by atoms with Crippen LogP contribution in [0.3, 0.4) is 0 Å². The fraction of sp³-hybridized carbons (Fsp3) is 0.455. The van der Waals surface area contributed by atoms with Crippen molar-refractivity contribution in [3.05, 3.63) is 17.8 Å². The third-order valence-corrected chi connectivity index (χ3v) is 2.33. The number of rotatable bonds is 4. The molecule has 1 aromatic rings. The summed E-state index contributed by atoms with van der Waals surface area (Å²) in [5.74, 6) is 0.668. The van der Waals surface area contributed by atoms with E-state index in [0.29, 0.717) is 17.1 Å². The van der Waals surface area contributed by atoms with Crippen molar-refractivity contribution < 1.29 is 0 Å². The van der Waals surface area contributed by atoms with E-state index in [4.69, 9.17) is 11.0 Å². The quantitative estimate of drug-likeness (QED) is 0.800. The van der Waals surface area contributed by atoms with Crippen LogP contribution in [0.25, 0.3) is 0 Å². The Bertz CT molecular complexity index is 394. The molecule has 0 radical (unpaired) electrons. The summed E-state index contributed by atoms with van der Waals surface area (Å²) in [5.41, 5.74) is 6.78.